The predicted octanol–water partition coefficient (Wildman–Crippen LogP) is 2.89. The molecule has 0 saturated carbocycles. The maximum Gasteiger partial charge on any atom is 0.231 e. The number of benzene rings is 2. The van der Waals surface area contributed by atoms with Gasteiger partial charge in [-0.3, -0.25) is 4.79 Å². The molecule has 2 aromatic rings. The van der Waals surface area contributed by atoms with Crippen LogP contribution in [0.3, 0.4) is 0 Å². The molecule has 0 N–H and O–H groups in total. The Morgan fingerprint density at radius 1 is 1.00 bits per heavy atom. The molecule has 0 aliphatic carbocycles. The van der Waals surface area contributed by atoms with Crippen LogP contribution in [0.4, 0.5) is 0 Å². The van der Waals surface area contributed by atoms with Crippen LogP contribution in [-0.4, -0.2) is 13.1 Å². The van der Waals surface area contributed by atoms with E-state index in [9.17, 15) is 4.79 Å². The van der Waals surface area contributed by atoms with Crippen molar-refractivity contribution >= 4 is 6.29 Å². The highest BCUT2D eigenvalue weighted by Crippen LogP contribution is 2.36. The molecule has 0 saturated heterocycles. The van der Waals surface area contributed by atoms with E-state index in [4.69, 9.17) is 9.47 Å². The molecule has 3 nitrogen and oxygen atoms in total. The highest BCUT2D eigenvalue weighted by molar-refractivity contribution is 5.88. The molecule has 0 bridgehead atoms. The van der Waals surface area contributed by atoms with E-state index in [0.717, 1.165) is 28.9 Å². The zero-order valence-corrected chi connectivity index (χ0v) is 9.05. The molecule has 0 spiro atoms. The van der Waals surface area contributed by atoms with Gasteiger partial charge in [0.1, 0.15) is 0 Å². The number of fused-ring (bicyclic) bond motifs is 1. The zero-order chi connectivity index (χ0) is 11.7. The molecule has 84 valence electrons. The summed E-state index contributed by atoms with van der Waals surface area (Å²) < 4.78 is 10.6. The van der Waals surface area contributed by atoms with Gasteiger partial charge < -0.3 is 9.47 Å². The van der Waals surface area contributed by atoms with Gasteiger partial charge in [0, 0.05) is 5.56 Å². The van der Waals surface area contributed by atoms with Gasteiger partial charge in [-0.25, -0.2) is 0 Å². The number of ether oxygens (including phenoxy) is 2. The van der Waals surface area contributed by atoms with Gasteiger partial charge in [0.05, 0.1) is 0 Å². The second kappa shape index (κ2) is 3.94. The Bertz CT molecular complexity index is 575. The summed E-state index contributed by atoms with van der Waals surface area (Å²) in [4.78, 5) is 11.0. The van der Waals surface area contributed by atoms with Crippen LogP contribution in [0, 0.1) is 0 Å². The smallest absolute Gasteiger partial charge is 0.231 e. The lowest BCUT2D eigenvalue weighted by atomic mass is 10.0. The third-order valence-corrected chi connectivity index (χ3v) is 2.77. The van der Waals surface area contributed by atoms with Crippen molar-refractivity contribution in [2.45, 2.75) is 0 Å². The number of hydrogen-bond acceptors (Lipinski definition) is 3. The van der Waals surface area contributed by atoms with Crippen molar-refractivity contribution in [2.75, 3.05) is 6.79 Å². The van der Waals surface area contributed by atoms with Crippen LogP contribution >= 0.6 is 0 Å². The van der Waals surface area contributed by atoms with Crippen LogP contribution in [0.25, 0.3) is 11.1 Å². The molecular formula is C14H10O3. The van der Waals surface area contributed by atoms with Gasteiger partial charge in [0.15, 0.2) is 17.8 Å². The molecule has 0 unspecified atom stereocenters. The van der Waals surface area contributed by atoms with Crippen molar-refractivity contribution in [3.63, 3.8) is 0 Å². The third kappa shape index (κ3) is 1.65. The molecule has 0 amide bonds. The highest BCUT2D eigenvalue weighted by atomic mass is 16.7. The maximum absolute atomic E-state index is 11.0. The van der Waals surface area contributed by atoms with E-state index in [1.165, 1.54) is 0 Å². The Kier molecular flexibility index (Phi) is 2.29. The van der Waals surface area contributed by atoms with Crippen molar-refractivity contribution in [1.29, 1.82) is 0 Å². The van der Waals surface area contributed by atoms with Gasteiger partial charge in [-0.1, -0.05) is 30.3 Å². The summed E-state index contributed by atoms with van der Waals surface area (Å²) >= 11 is 0. The average Bonchev–Trinajstić information content (AvgIpc) is 2.85. The van der Waals surface area contributed by atoms with Crippen molar-refractivity contribution in [1.82, 2.24) is 0 Å². The van der Waals surface area contributed by atoms with Crippen LogP contribution in [0.2, 0.25) is 0 Å². The van der Waals surface area contributed by atoms with E-state index < -0.39 is 0 Å². The summed E-state index contributed by atoms with van der Waals surface area (Å²) in [7, 11) is 0. The molecule has 0 fully saturated rings. The van der Waals surface area contributed by atoms with Gasteiger partial charge in [0.2, 0.25) is 6.79 Å². The van der Waals surface area contributed by atoms with E-state index >= 15 is 0 Å². The quantitative estimate of drug-likeness (QED) is 0.738. The number of hydrogen-bond donors (Lipinski definition) is 0. The molecule has 3 rings (SSSR count). The largest absolute Gasteiger partial charge is 0.454 e. The summed E-state index contributed by atoms with van der Waals surface area (Å²) in [6, 6.07) is 13.2. The van der Waals surface area contributed by atoms with Crippen molar-refractivity contribution in [2.24, 2.45) is 0 Å². The standard InChI is InChI=1S/C14H10O3/c15-8-11-3-1-2-4-12(11)10-5-6-13-14(7-10)17-9-16-13/h1-8H,9H2. The fourth-order valence-electron chi connectivity index (χ4n) is 1.93. The van der Waals surface area contributed by atoms with Crippen LogP contribution < -0.4 is 9.47 Å². The van der Waals surface area contributed by atoms with Crippen LogP contribution in [0.5, 0.6) is 11.5 Å². The molecular weight excluding hydrogens is 216 g/mol. The summed E-state index contributed by atoms with van der Waals surface area (Å²) in [5, 5.41) is 0. The summed E-state index contributed by atoms with van der Waals surface area (Å²) in [6.07, 6.45) is 0.861. The first-order valence-corrected chi connectivity index (χ1v) is 5.33. The lowest BCUT2D eigenvalue weighted by molar-refractivity contribution is 0.112. The lowest BCUT2D eigenvalue weighted by Gasteiger charge is -2.05. The second-order valence-electron chi connectivity index (χ2n) is 3.77. The van der Waals surface area contributed by atoms with Gasteiger partial charge in [-0.2, -0.15) is 0 Å². The Morgan fingerprint density at radius 2 is 1.82 bits per heavy atom. The van der Waals surface area contributed by atoms with E-state index in [2.05, 4.69) is 0 Å². The van der Waals surface area contributed by atoms with E-state index in [1.54, 1.807) is 6.07 Å². The summed E-state index contributed by atoms with van der Waals surface area (Å²) in [6.45, 7) is 0.258. The molecule has 0 aromatic heterocycles. The van der Waals surface area contributed by atoms with E-state index in [1.807, 2.05) is 36.4 Å². The number of aldehydes is 1. The van der Waals surface area contributed by atoms with Crippen molar-refractivity contribution in [3.05, 3.63) is 48.0 Å². The van der Waals surface area contributed by atoms with E-state index in [-0.39, 0.29) is 6.79 Å². The van der Waals surface area contributed by atoms with Crippen LogP contribution in [0.15, 0.2) is 42.5 Å². The molecule has 2 aromatic carbocycles. The first-order valence-electron chi connectivity index (χ1n) is 5.33. The molecule has 1 aliphatic heterocycles. The van der Waals surface area contributed by atoms with Crippen LogP contribution in [-0.2, 0) is 0 Å². The first kappa shape index (κ1) is 9.90. The SMILES string of the molecule is O=Cc1ccccc1-c1ccc2c(c1)OCO2. The average molecular weight is 226 g/mol. The predicted molar refractivity (Wildman–Crippen MR) is 63.4 cm³/mol. The highest BCUT2D eigenvalue weighted by Gasteiger charge is 2.14. The van der Waals surface area contributed by atoms with Crippen molar-refractivity contribution in [3.8, 4) is 22.6 Å². The monoisotopic (exact) mass is 226 g/mol. The minimum atomic E-state index is 0.258. The second-order valence-corrected chi connectivity index (χ2v) is 3.77. The Morgan fingerprint density at radius 3 is 2.71 bits per heavy atom. The normalized spacial score (nSPS) is 12.5. The van der Waals surface area contributed by atoms with Crippen LogP contribution in [0.1, 0.15) is 10.4 Å². The molecule has 3 heteroatoms. The number of carbonyl (C=O) groups excluding carboxylic acids is 1. The van der Waals surface area contributed by atoms with E-state index in [0.29, 0.717) is 5.56 Å². The Balaban J connectivity index is 2.12. The third-order valence-electron chi connectivity index (χ3n) is 2.77. The van der Waals surface area contributed by atoms with Crippen molar-refractivity contribution < 1.29 is 14.3 Å². The molecule has 1 aliphatic rings. The number of carbonyl (C=O) groups is 1. The van der Waals surface area contributed by atoms with Gasteiger partial charge in [0.25, 0.3) is 0 Å². The minimum Gasteiger partial charge on any atom is -0.454 e. The first-order chi connectivity index (χ1) is 8.38. The lowest BCUT2D eigenvalue weighted by Crippen LogP contribution is -1.92. The Hall–Kier alpha value is -2.29. The molecule has 0 radical (unpaired) electrons. The number of rotatable bonds is 2. The molecule has 17 heavy (non-hydrogen) atoms. The molecule has 1 heterocycles. The zero-order valence-electron chi connectivity index (χ0n) is 9.05. The summed E-state index contributed by atoms with van der Waals surface area (Å²) in [5.41, 5.74) is 2.53. The Labute approximate surface area is 98.6 Å². The maximum atomic E-state index is 11.0. The van der Waals surface area contributed by atoms with Gasteiger partial charge in [-0.15, -0.1) is 0 Å². The van der Waals surface area contributed by atoms with Gasteiger partial charge in [-0.05, 0) is 23.3 Å². The summed E-state index contributed by atoms with van der Waals surface area (Å²) in [5.74, 6) is 1.47. The fourth-order valence-corrected chi connectivity index (χ4v) is 1.93. The fraction of sp³-hybridized carbons (Fsp3) is 0.0714. The topological polar surface area (TPSA) is 35.5 Å². The minimum absolute atomic E-state index is 0.258. The molecule has 0 atom stereocenters. The van der Waals surface area contributed by atoms with Gasteiger partial charge >= 0.3 is 0 Å².